The van der Waals surface area contributed by atoms with E-state index in [1.54, 1.807) is 12.2 Å². The second kappa shape index (κ2) is 16.0. The Morgan fingerprint density at radius 3 is 1.46 bits per heavy atom. The van der Waals surface area contributed by atoms with Gasteiger partial charge in [-0.1, -0.05) is 93.5 Å². The number of ether oxygens (including phenoxy) is 1. The smallest absolute Gasteiger partial charge is 0.330 e. The van der Waals surface area contributed by atoms with Crippen LogP contribution in [0.15, 0.2) is 48.6 Å². The molecule has 0 unspecified atom stereocenters. The molecule has 0 spiro atoms. The zero-order valence-electron chi connectivity index (χ0n) is 27.0. The van der Waals surface area contributed by atoms with E-state index in [9.17, 15) is 9.59 Å². The second-order valence-corrected chi connectivity index (χ2v) is 13.2. The quantitative estimate of drug-likeness (QED) is 0.198. The van der Waals surface area contributed by atoms with Gasteiger partial charge >= 0.3 is 11.9 Å². The van der Waals surface area contributed by atoms with Crippen molar-refractivity contribution in [2.75, 3.05) is 30.8 Å². The monoisotopic (exact) mass is 564 g/mol. The number of carboxylic acids is 1. The van der Waals surface area contributed by atoms with E-state index in [1.807, 2.05) is 12.1 Å². The van der Waals surface area contributed by atoms with Crippen molar-refractivity contribution >= 4 is 35.5 Å². The van der Waals surface area contributed by atoms with Gasteiger partial charge in [0.05, 0.1) is 7.11 Å². The summed E-state index contributed by atoms with van der Waals surface area (Å²) in [5.41, 5.74) is 6.61. The maximum Gasteiger partial charge on any atom is 0.330 e. The van der Waals surface area contributed by atoms with Gasteiger partial charge < -0.3 is 20.5 Å². The Kier molecular flexibility index (Phi) is 13.9. The average molecular weight is 565 g/mol. The highest BCUT2D eigenvalue weighted by molar-refractivity contribution is 5.88. The van der Waals surface area contributed by atoms with E-state index in [4.69, 9.17) is 5.11 Å². The lowest BCUT2D eigenvalue weighted by atomic mass is 9.86. The van der Waals surface area contributed by atoms with Crippen molar-refractivity contribution in [1.82, 2.24) is 0 Å². The predicted octanol–water partition coefficient (Wildman–Crippen LogP) is 8.39. The standard InChI is InChI=1S/C18H27NO2.C17H25NO2/c1-13(2)12-19-16-11-15(18(3,4)5)9-7-14(16)8-10-17(20)21-6;1-12(2)11-18-15-10-14(17(3,4)5)8-6-13(15)7-9-16(19)20/h7-11,13,19H,12H2,1-6H3;6-10,12,18H,11H2,1-5H3,(H,19,20). The number of anilines is 2. The van der Waals surface area contributed by atoms with Crippen LogP contribution < -0.4 is 10.6 Å². The van der Waals surface area contributed by atoms with E-state index in [2.05, 4.69) is 109 Å². The molecule has 0 radical (unpaired) electrons. The van der Waals surface area contributed by atoms with Crippen molar-refractivity contribution in [3.8, 4) is 0 Å². The van der Waals surface area contributed by atoms with Gasteiger partial charge in [0.25, 0.3) is 0 Å². The summed E-state index contributed by atoms with van der Waals surface area (Å²) < 4.78 is 4.64. The number of aliphatic carboxylic acids is 1. The first-order chi connectivity index (χ1) is 18.9. The number of methoxy groups -OCH3 is 1. The molecule has 226 valence electrons. The predicted molar refractivity (Wildman–Crippen MR) is 175 cm³/mol. The van der Waals surface area contributed by atoms with E-state index >= 15 is 0 Å². The number of hydrogen-bond donors (Lipinski definition) is 3. The highest BCUT2D eigenvalue weighted by atomic mass is 16.5. The minimum absolute atomic E-state index is 0.0727. The lowest BCUT2D eigenvalue weighted by Crippen LogP contribution is -2.14. The van der Waals surface area contributed by atoms with Gasteiger partial charge in [-0.05, 0) is 69.2 Å². The molecule has 0 aliphatic rings. The Morgan fingerprint density at radius 1 is 0.756 bits per heavy atom. The van der Waals surface area contributed by atoms with Crippen LogP contribution in [-0.4, -0.2) is 37.2 Å². The fourth-order valence-electron chi connectivity index (χ4n) is 3.66. The van der Waals surface area contributed by atoms with Crippen LogP contribution in [0.2, 0.25) is 0 Å². The largest absolute Gasteiger partial charge is 0.478 e. The van der Waals surface area contributed by atoms with Crippen LogP contribution in [0.3, 0.4) is 0 Å². The molecular formula is C35H52N2O4. The molecule has 0 aliphatic heterocycles. The average Bonchev–Trinajstić information content (AvgIpc) is 2.87. The number of nitrogens with one attached hydrogen (secondary N) is 2. The zero-order chi connectivity index (χ0) is 31.4. The van der Waals surface area contributed by atoms with Gasteiger partial charge in [-0.15, -0.1) is 0 Å². The first-order valence-corrected chi connectivity index (χ1v) is 14.4. The Hall–Kier alpha value is -3.54. The Morgan fingerprint density at radius 2 is 1.15 bits per heavy atom. The molecule has 0 fully saturated rings. The summed E-state index contributed by atoms with van der Waals surface area (Å²) in [5, 5.41) is 15.6. The number of carbonyl (C=O) groups excluding carboxylic acids is 1. The molecule has 2 aromatic rings. The molecule has 2 rings (SSSR count). The molecule has 0 saturated carbocycles. The number of carbonyl (C=O) groups is 2. The molecular weight excluding hydrogens is 512 g/mol. The molecule has 0 aromatic heterocycles. The van der Waals surface area contributed by atoms with Crippen molar-refractivity contribution in [2.45, 2.75) is 80.1 Å². The Bertz CT molecular complexity index is 1200. The van der Waals surface area contributed by atoms with Crippen LogP contribution in [0.5, 0.6) is 0 Å². The summed E-state index contributed by atoms with van der Waals surface area (Å²) in [7, 11) is 1.38. The van der Waals surface area contributed by atoms with Gasteiger partial charge in [-0.25, -0.2) is 9.59 Å². The minimum atomic E-state index is -0.931. The summed E-state index contributed by atoms with van der Waals surface area (Å²) in [6.45, 7) is 23.5. The van der Waals surface area contributed by atoms with E-state index in [-0.39, 0.29) is 16.8 Å². The van der Waals surface area contributed by atoms with Gasteiger partial charge in [0.1, 0.15) is 0 Å². The van der Waals surface area contributed by atoms with E-state index < -0.39 is 5.97 Å². The first kappa shape index (κ1) is 35.5. The van der Waals surface area contributed by atoms with Crippen LogP contribution >= 0.6 is 0 Å². The Balaban J connectivity index is 0.000000410. The normalized spacial score (nSPS) is 12.0. The number of esters is 1. The highest BCUT2D eigenvalue weighted by Gasteiger charge is 2.16. The molecule has 41 heavy (non-hydrogen) atoms. The van der Waals surface area contributed by atoms with Crippen LogP contribution in [0.4, 0.5) is 11.4 Å². The fourth-order valence-corrected chi connectivity index (χ4v) is 3.66. The molecule has 0 atom stereocenters. The third-order valence-corrected chi connectivity index (χ3v) is 6.25. The van der Waals surface area contributed by atoms with Crippen molar-refractivity contribution in [3.05, 3.63) is 70.8 Å². The number of carboxylic acid groups (broad SMARTS) is 1. The summed E-state index contributed by atoms with van der Waals surface area (Å²) >= 11 is 0. The topological polar surface area (TPSA) is 87.7 Å². The van der Waals surface area contributed by atoms with Crippen molar-refractivity contribution < 1.29 is 19.4 Å². The summed E-state index contributed by atoms with van der Waals surface area (Å²) in [6.07, 6.45) is 6.05. The first-order valence-electron chi connectivity index (χ1n) is 14.4. The Labute approximate surface area is 248 Å². The molecule has 0 saturated heterocycles. The van der Waals surface area contributed by atoms with Gasteiger partial charge in [-0.3, -0.25) is 0 Å². The molecule has 0 amide bonds. The molecule has 2 aromatic carbocycles. The minimum Gasteiger partial charge on any atom is -0.478 e. The van der Waals surface area contributed by atoms with E-state index in [1.165, 1.54) is 30.4 Å². The summed E-state index contributed by atoms with van der Waals surface area (Å²) in [4.78, 5) is 21.9. The lowest BCUT2D eigenvalue weighted by molar-refractivity contribution is -0.135. The van der Waals surface area contributed by atoms with E-state index in [0.29, 0.717) is 11.8 Å². The maximum absolute atomic E-state index is 11.3. The van der Waals surface area contributed by atoms with E-state index in [0.717, 1.165) is 35.6 Å². The fraction of sp³-hybridized carbons (Fsp3) is 0.486. The van der Waals surface area contributed by atoms with Gasteiger partial charge in [0, 0.05) is 36.6 Å². The van der Waals surface area contributed by atoms with Gasteiger partial charge in [0.15, 0.2) is 0 Å². The SMILES string of the molecule is CC(C)CNc1cc(C(C)(C)C)ccc1C=CC(=O)O.COC(=O)C=Cc1ccc(C(C)(C)C)cc1NCC(C)C. The van der Waals surface area contributed by atoms with Crippen molar-refractivity contribution in [3.63, 3.8) is 0 Å². The lowest BCUT2D eigenvalue weighted by Gasteiger charge is -2.22. The molecule has 0 heterocycles. The molecule has 0 bridgehead atoms. The molecule has 6 heteroatoms. The van der Waals surface area contributed by atoms with Crippen molar-refractivity contribution in [1.29, 1.82) is 0 Å². The highest BCUT2D eigenvalue weighted by Crippen LogP contribution is 2.29. The van der Waals surface area contributed by atoms with Crippen molar-refractivity contribution in [2.24, 2.45) is 11.8 Å². The molecule has 0 aliphatic carbocycles. The van der Waals surface area contributed by atoms with Crippen LogP contribution in [-0.2, 0) is 25.2 Å². The van der Waals surface area contributed by atoms with Crippen LogP contribution in [0.1, 0.15) is 91.5 Å². The summed E-state index contributed by atoms with van der Waals surface area (Å²) in [6, 6.07) is 12.5. The number of hydrogen-bond acceptors (Lipinski definition) is 5. The zero-order valence-corrected chi connectivity index (χ0v) is 27.0. The third kappa shape index (κ3) is 13.6. The molecule has 6 nitrogen and oxygen atoms in total. The molecule has 3 N–H and O–H groups in total. The number of rotatable bonds is 10. The number of benzene rings is 2. The van der Waals surface area contributed by atoms with Gasteiger partial charge in [-0.2, -0.15) is 0 Å². The maximum atomic E-state index is 11.3. The van der Waals surface area contributed by atoms with Gasteiger partial charge in [0.2, 0.25) is 0 Å². The second-order valence-electron chi connectivity index (χ2n) is 13.2. The third-order valence-electron chi connectivity index (χ3n) is 6.25. The van der Waals surface area contributed by atoms with Crippen LogP contribution in [0.25, 0.3) is 12.2 Å². The van der Waals surface area contributed by atoms with Crippen LogP contribution in [0, 0.1) is 11.8 Å². The summed E-state index contributed by atoms with van der Waals surface area (Å²) in [5.74, 6) is -0.185.